The average Bonchev–Trinajstić information content (AvgIpc) is 3.10. The summed E-state index contributed by atoms with van der Waals surface area (Å²) in [6, 6.07) is 9.87. The monoisotopic (exact) mass is 331 g/mol. The minimum atomic E-state index is 0.204. The van der Waals surface area contributed by atoms with Gasteiger partial charge in [0.2, 0.25) is 5.91 Å². The molecule has 1 N–H and O–H groups in total. The van der Waals surface area contributed by atoms with Gasteiger partial charge in [-0.15, -0.1) is 10.2 Å². The van der Waals surface area contributed by atoms with E-state index in [0.29, 0.717) is 18.9 Å². The first-order valence-corrected chi connectivity index (χ1v) is 8.68. The van der Waals surface area contributed by atoms with E-state index in [0.717, 1.165) is 29.0 Å². The Morgan fingerprint density at radius 3 is 2.83 bits per heavy atom. The Hall–Kier alpha value is -1.86. The first-order chi connectivity index (χ1) is 11.2. The number of carbonyl (C=O) groups excluding carboxylic acids is 1. The van der Waals surface area contributed by atoms with Gasteiger partial charge in [-0.2, -0.15) is 0 Å². The highest BCUT2D eigenvalue weighted by Crippen LogP contribution is 2.29. The SMILES string of the molecule is CNCc1nnc(SC[C@@H]2CC(=O)N(c3ccccc3)C2)n1C. The maximum Gasteiger partial charge on any atom is 0.227 e. The van der Waals surface area contributed by atoms with Crippen LogP contribution in [-0.4, -0.2) is 40.0 Å². The molecule has 2 heterocycles. The van der Waals surface area contributed by atoms with Crippen LogP contribution >= 0.6 is 11.8 Å². The number of nitrogens with one attached hydrogen (secondary N) is 1. The molecular weight excluding hydrogens is 310 g/mol. The first-order valence-electron chi connectivity index (χ1n) is 7.70. The lowest BCUT2D eigenvalue weighted by atomic mass is 10.1. The van der Waals surface area contributed by atoms with E-state index in [1.54, 1.807) is 11.8 Å². The largest absolute Gasteiger partial charge is 0.313 e. The molecule has 1 aliphatic rings. The van der Waals surface area contributed by atoms with Gasteiger partial charge in [0.1, 0.15) is 5.82 Å². The maximum atomic E-state index is 12.2. The molecule has 122 valence electrons. The number of benzene rings is 1. The molecule has 0 saturated carbocycles. The molecule has 0 bridgehead atoms. The highest BCUT2D eigenvalue weighted by molar-refractivity contribution is 7.99. The third-order valence-corrected chi connectivity index (χ3v) is 5.23. The van der Waals surface area contributed by atoms with Gasteiger partial charge in [0, 0.05) is 31.5 Å². The van der Waals surface area contributed by atoms with Gasteiger partial charge in [-0.3, -0.25) is 4.79 Å². The number of para-hydroxylation sites is 1. The number of amides is 1. The molecule has 0 spiro atoms. The van der Waals surface area contributed by atoms with Crippen molar-refractivity contribution in [1.82, 2.24) is 20.1 Å². The van der Waals surface area contributed by atoms with Crippen LogP contribution in [0.1, 0.15) is 12.2 Å². The topological polar surface area (TPSA) is 63.1 Å². The van der Waals surface area contributed by atoms with Gasteiger partial charge in [0.25, 0.3) is 0 Å². The second-order valence-corrected chi connectivity index (χ2v) is 6.70. The molecule has 1 amide bonds. The molecule has 0 radical (unpaired) electrons. The second-order valence-electron chi connectivity index (χ2n) is 5.71. The van der Waals surface area contributed by atoms with E-state index < -0.39 is 0 Å². The number of hydrogen-bond donors (Lipinski definition) is 1. The standard InChI is InChI=1S/C16H21N5OS/c1-17-9-14-18-19-16(20(14)2)23-11-12-8-15(22)21(10-12)13-6-4-3-5-7-13/h3-7,12,17H,8-11H2,1-2H3/t12-/m1/s1. The molecule has 0 unspecified atom stereocenters. The Labute approximate surface area is 140 Å². The van der Waals surface area contributed by atoms with Crippen molar-refractivity contribution in [3.63, 3.8) is 0 Å². The summed E-state index contributed by atoms with van der Waals surface area (Å²) >= 11 is 1.67. The molecule has 1 aliphatic heterocycles. The summed E-state index contributed by atoms with van der Waals surface area (Å²) < 4.78 is 2.01. The molecule has 1 fully saturated rings. The average molecular weight is 331 g/mol. The van der Waals surface area contributed by atoms with Gasteiger partial charge in [-0.25, -0.2) is 0 Å². The van der Waals surface area contributed by atoms with E-state index in [4.69, 9.17) is 0 Å². The molecule has 6 nitrogen and oxygen atoms in total. The molecule has 1 aromatic carbocycles. The number of carbonyl (C=O) groups is 1. The number of thioether (sulfide) groups is 1. The van der Waals surface area contributed by atoms with Crippen LogP contribution in [0.4, 0.5) is 5.69 Å². The Balaban J connectivity index is 1.59. The summed E-state index contributed by atoms with van der Waals surface area (Å²) in [5.74, 6) is 2.34. The Bertz CT molecular complexity index is 672. The van der Waals surface area contributed by atoms with Crippen molar-refractivity contribution in [2.75, 3.05) is 24.2 Å². The fourth-order valence-electron chi connectivity index (χ4n) is 2.73. The lowest BCUT2D eigenvalue weighted by Gasteiger charge is -2.16. The highest BCUT2D eigenvalue weighted by Gasteiger charge is 2.30. The highest BCUT2D eigenvalue weighted by atomic mass is 32.2. The van der Waals surface area contributed by atoms with Gasteiger partial charge in [0.05, 0.1) is 6.54 Å². The number of anilines is 1. The molecular formula is C16H21N5OS. The van der Waals surface area contributed by atoms with Gasteiger partial charge in [-0.05, 0) is 25.1 Å². The third kappa shape index (κ3) is 3.56. The predicted molar refractivity (Wildman–Crippen MR) is 91.4 cm³/mol. The van der Waals surface area contributed by atoms with Crippen LogP contribution in [0.25, 0.3) is 0 Å². The second kappa shape index (κ2) is 7.14. The quantitative estimate of drug-likeness (QED) is 0.816. The normalized spacial score (nSPS) is 17.9. The molecule has 1 saturated heterocycles. The first kappa shape index (κ1) is 16.0. The van der Waals surface area contributed by atoms with Crippen molar-refractivity contribution in [2.45, 2.75) is 18.1 Å². The van der Waals surface area contributed by atoms with Crippen LogP contribution in [-0.2, 0) is 18.4 Å². The maximum absolute atomic E-state index is 12.2. The molecule has 3 rings (SSSR count). The molecule has 23 heavy (non-hydrogen) atoms. The van der Waals surface area contributed by atoms with E-state index in [9.17, 15) is 4.79 Å². The van der Waals surface area contributed by atoms with Crippen LogP contribution in [0, 0.1) is 5.92 Å². The van der Waals surface area contributed by atoms with Crippen molar-refractivity contribution in [1.29, 1.82) is 0 Å². The summed E-state index contributed by atoms with van der Waals surface area (Å²) in [6.07, 6.45) is 0.600. The van der Waals surface area contributed by atoms with E-state index >= 15 is 0 Å². The van der Waals surface area contributed by atoms with Crippen LogP contribution in [0.3, 0.4) is 0 Å². The zero-order chi connectivity index (χ0) is 16.2. The zero-order valence-corrected chi connectivity index (χ0v) is 14.2. The van der Waals surface area contributed by atoms with Crippen LogP contribution in [0.2, 0.25) is 0 Å². The number of hydrogen-bond acceptors (Lipinski definition) is 5. The number of aromatic nitrogens is 3. The van der Waals surface area contributed by atoms with Crippen molar-refractivity contribution in [3.8, 4) is 0 Å². The van der Waals surface area contributed by atoms with Crippen molar-refractivity contribution >= 4 is 23.4 Å². The lowest BCUT2D eigenvalue weighted by Crippen LogP contribution is -2.24. The van der Waals surface area contributed by atoms with Crippen LogP contribution in [0.15, 0.2) is 35.5 Å². The Morgan fingerprint density at radius 2 is 2.09 bits per heavy atom. The van der Waals surface area contributed by atoms with E-state index in [1.807, 2.05) is 53.9 Å². The van der Waals surface area contributed by atoms with E-state index in [-0.39, 0.29) is 5.91 Å². The summed E-state index contributed by atoms with van der Waals surface area (Å²) in [5, 5.41) is 12.4. The smallest absolute Gasteiger partial charge is 0.227 e. The fraction of sp³-hybridized carbons (Fsp3) is 0.438. The zero-order valence-electron chi connectivity index (χ0n) is 13.4. The molecule has 2 aromatic rings. The molecule has 1 aromatic heterocycles. The molecule has 0 aliphatic carbocycles. The van der Waals surface area contributed by atoms with Gasteiger partial charge < -0.3 is 14.8 Å². The summed E-state index contributed by atoms with van der Waals surface area (Å²) in [5.41, 5.74) is 0.986. The van der Waals surface area contributed by atoms with Crippen molar-refractivity contribution < 1.29 is 4.79 Å². The number of rotatable bonds is 6. The number of nitrogens with zero attached hydrogens (tertiary/aromatic N) is 4. The predicted octanol–water partition coefficient (Wildman–Crippen LogP) is 1.68. The lowest BCUT2D eigenvalue weighted by molar-refractivity contribution is -0.117. The van der Waals surface area contributed by atoms with Crippen LogP contribution < -0.4 is 10.2 Å². The fourth-order valence-corrected chi connectivity index (χ4v) is 3.73. The van der Waals surface area contributed by atoms with E-state index in [2.05, 4.69) is 15.5 Å². The van der Waals surface area contributed by atoms with Gasteiger partial charge in [0.15, 0.2) is 5.16 Å². The summed E-state index contributed by atoms with van der Waals surface area (Å²) in [6.45, 7) is 1.48. The van der Waals surface area contributed by atoms with Crippen molar-refractivity contribution in [2.24, 2.45) is 13.0 Å². The molecule has 7 heteroatoms. The third-order valence-electron chi connectivity index (χ3n) is 3.98. The van der Waals surface area contributed by atoms with Gasteiger partial charge >= 0.3 is 0 Å². The summed E-state index contributed by atoms with van der Waals surface area (Å²) in [4.78, 5) is 14.1. The van der Waals surface area contributed by atoms with Gasteiger partial charge in [-0.1, -0.05) is 30.0 Å². The summed E-state index contributed by atoms with van der Waals surface area (Å²) in [7, 11) is 3.87. The minimum Gasteiger partial charge on any atom is -0.313 e. The Morgan fingerprint density at radius 1 is 1.30 bits per heavy atom. The van der Waals surface area contributed by atoms with Crippen molar-refractivity contribution in [3.05, 3.63) is 36.2 Å². The van der Waals surface area contributed by atoms with E-state index in [1.165, 1.54) is 0 Å². The Kier molecular flexibility index (Phi) is 4.97. The molecule has 1 atom stereocenters. The van der Waals surface area contributed by atoms with Crippen LogP contribution in [0.5, 0.6) is 0 Å². The minimum absolute atomic E-state index is 0.204.